The number of nitrogens with zero attached hydrogens (tertiary/aromatic N) is 1. The molecule has 0 N–H and O–H groups in total. The fourth-order valence-corrected chi connectivity index (χ4v) is 1.48. The van der Waals surface area contributed by atoms with Crippen LogP contribution in [0, 0.1) is 0 Å². The molecule has 1 aliphatic heterocycles. The highest BCUT2D eigenvalue weighted by molar-refractivity contribution is 5.95. The average Bonchev–Trinajstić information content (AvgIpc) is 2.39. The Morgan fingerprint density at radius 1 is 1.38 bits per heavy atom. The summed E-state index contributed by atoms with van der Waals surface area (Å²) in [6.45, 7) is 1.12. The van der Waals surface area contributed by atoms with E-state index >= 15 is 0 Å². The molecule has 0 radical (unpaired) electrons. The first-order valence-corrected chi connectivity index (χ1v) is 5.04. The Hall–Kier alpha value is -1.97. The molecule has 0 aliphatic carbocycles. The van der Waals surface area contributed by atoms with Gasteiger partial charge in [-0.15, -0.1) is 0 Å². The van der Waals surface area contributed by atoms with Crippen LogP contribution in [0.15, 0.2) is 36.7 Å². The van der Waals surface area contributed by atoms with Crippen molar-refractivity contribution < 1.29 is 14.3 Å². The maximum Gasteiger partial charge on any atom is 0.258 e. The summed E-state index contributed by atoms with van der Waals surface area (Å²) >= 11 is 0. The van der Waals surface area contributed by atoms with Crippen LogP contribution < -0.4 is 4.74 Å². The number of ether oxygens (including phenoxy) is 2. The Labute approximate surface area is 94.1 Å². The van der Waals surface area contributed by atoms with Gasteiger partial charge in [-0.1, -0.05) is 0 Å². The molecule has 0 spiro atoms. The molecule has 2 rings (SSSR count). The van der Waals surface area contributed by atoms with Crippen LogP contribution in [0.3, 0.4) is 0 Å². The van der Waals surface area contributed by atoms with Gasteiger partial charge in [-0.05, 0) is 24.3 Å². The molecule has 4 nitrogen and oxygen atoms in total. The van der Waals surface area contributed by atoms with Gasteiger partial charge < -0.3 is 14.4 Å². The van der Waals surface area contributed by atoms with Gasteiger partial charge in [0.15, 0.2) is 0 Å². The number of carbonyl (C=O) groups excluding carboxylic acids is 1. The molecular formula is C12H13NO3. The first-order chi connectivity index (χ1) is 7.81. The lowest BCUT2D eigenvalue weighted by Gasteiger charge is -2.21. The van der Waals surface area contributed by atoms with Gasteiger partial charge in [-0.2, -0.15) is 0 Å². The Kier molecular flexibility index (Phi) is 3.10. The minimum Gasteiger partial charge on any atom is -0.498 e. The van der Waals surface area contributed by atoms with Gasteiger partial charge >= 0.3 is 0 Å². The van der Waals surface area contributed by atoms with Crippen LogP contribution in [-0.2, 0) is 4.74 Å². The number of benzene rings is 1. The predicted octanol–water partition coefficient (Wildman–Crippen LogP) is 1.64. The van der Waals surface area contributed by atoms with E-state index in [1.54, 1.807) is 42.5 Å². The molecule has 1 aromatic carbocycles. The zero-order valence-corrected chi connectivity index (χ0v) is 9.05. The zero-order chi connectivity index (χ0) is 11.4. The van der Waals surface area contributed by atoms with E-state index in [0.717, 1.165) is 5.75 Å². The van der Waals surface area contributed by atoms with Crippen LogP contribution in [0.25, 0.3) is 0 Å². The Balaban J connectivity index is 2.13. The molecule has 0 saturated heterocycles. The maximum atomic E-state index is 12.0. The highest BCUT2D eigenvalue weighted by atomic mass is 16.5. The van der Waals surface area contributed by atoms with Gasteiger partial charge in [0, 0.05) is 11.8 Å². The molecule has 0 unspecified atom stereocenters. The molecule has 84 valence electrons. The molecule has 1 aromatic rings. The first-order valence-electron chi connectivity index (χ1n) is 5.04. The minimum absolute atomic E-state index is 0.0257. The van der Waals surface area contributed by atoms with E-state index in [0.29, 0.717) is 18.7 Å². The number of methoxy groups -OCH3 is 1. The summed E-state index contributed by atoms with van der Waals surface area (Å²) in [6, 6.07) is 7.06. The highest BCUT2D eigenvalue weighted by Crippen LogP contribution is 2.14. The molecule has 0 fully saturated rings. The molecule has 4 heteroatoms. The summed E-state index contributed by atoms with van der Waals surface area (Å²) < 4.78 is 10.1. The second-order valence-corrected chi connectivity index (χ2v) is 3.38. The lowest BCUT2D eigenvalue weighted by molar-refractivity contribution is 0.0751. The Bertz CT molecular complexity index is 397. The van der Waals surface area contributed by atoms with Gasteiger partial charge in [0.2, 0.25) is 0 Å². The molecule has 0 saturated carbocycles. The van der Waals surface area contributed by atoms with Gasteiger partial charge in [-0.3, -0.25) is 4.79 Å². The summed E-state index contributed by atoms with van der Waals surface area (Å²) in [7, 11) is 1.60. The van der Waals surface area contributed by atoms with Crippen molar-refractivity contribution in [3.63, 3.8) is 0 Å². The smallest absolute Gasteiger partial charge is 0.258 e. The fourth-order valence-electron chi connectivity index (χ4n) is 1.48. The van der Waals surface area contributed by atoms with Crippen molar-refractivity contribution in [2.24, 2.45) is 0 Å². The molecule has 1 heterocycles. The number of amides is 1. The lowest BCUT2D eigenvalue weighted by Crippen LogP contribution is -2.31. The van der Waals surface area contributed by atoms with Crippen LogP contribution in [-0.4, -0.2) is 31.1 Å². The lowest BCUT2D eigenvalue weighted by atomic mass is 10.2. The zero-order valence-electron chi connectivity index (χ0n) is 9.05. The van der Waals surface area contributed by atoms with Crippen LogP contribution in [0.5, 0.6) is 5.75 Å². The van der Waals surface area contributed by atoms with Crippen molar-refractivity contribution in [1.29, 1.82) is 0 Å². The summed E-state index contributed by atoms with van der Waals surface area (Å²) in [5.41, 5.74) is 0.646. The molecular weight excluding hydrogens is 206 g/mol. The molecule has 0 atom stereocenters. The van der Waals surface area contributed by atoms with Crippen LogP contribution >= 0.6 is 0 Å². The van der Waals surface area contributed by atoms with Crippen molar-refractivity contribution in [3.05, 3.63) is 42.3 Å². The van der Waals surface area contributed by atoms with Crippen LogP contribution in [0.1, 0.15) is 10.4 Å². The third kappa shape index (κ3) is 2.16. The van der Waals surface area contributed by atoms with E-state index < -0.39 is 0 Å². The number of carbonyl (C=O) groups is 1. The van der Waals surface area contributed by atoms with Gasteiger partial charge in [0.1, 0.15) is 12.4 Å². The SMILES string of the molecule is COc1ccc(C(=O)N2C=COCC2)cc1. The average molecular weight is 219 g/mol. The molecule has 0 aromatic heterocycles. The van der Waals surface area contributed by atoms with Crippen LogP contribution in [0.2, 0.25) is 0 Å². The summed E-state index contributed by atoms with van der Waals surface area (Å²) in [4.78, 5) is 13.6. The van der Waals surface area contributed by atoms with Crippen LogP contribution in [0.4, 0.5) is 0 Å². The fraction of sp³-hybridized carbons (Fsp3) is 0.250. The first kappa shape index (κ1) is 10.5. The van der Waals surface area contributed by atoms with E-state index in [4.69, 9.17) is 9.47 Å². The van der Waals surface area contributed by atoms with E-state index in [9.17, 15) is 4.79 Å². The quantitative estimate of drug-likeness (QED) is 0.759. The molecule has 1 aliphatic rings. The van der Waals surface area contributed by atoms with E-state index in [1.807, 2.05) is 0 Å². The minimum atomic E-state index is -0.0257. The molecule has 1 amide bonds. The van der Waals surface area contributed by atoms with Crippen molar-refractivity contribution >= 4 is 5.91 Å². The Morgan fingerprint density at radius 3 is 2.69 bits per heavy atom. The van der Waals surface area contributed by atoms with Crippen molar-refractivity contribution in [2.45, 2.75) is 0 Å². The van der Waals surface area contributed by atoms with Crippen molar-refractivity contribution in [2.75, 3.05) is 20.3 Å². The molecule has 0 bridgehead atoms. The maximum absolute atomic E-state index is 12.0. The largest absolute Gasteiger partial charge is 0.498 e. The Morgan fingerprint density at radius 2 is 2.12 bits per heavy atom. The van der Waals surface area contributed by atoms with Gasteiger partial charge in [0.25, 0.3) is 5.91 Å². The number of hydrogen-bond acceptors (Lipinski definition) is 3. The van der Waals surface area contributed by atoms with Gasteiger partial charge in [-0.25, -0.2) is 0 Å². The topological polar surface area (TPSA) is 38.8 Å². The van der Waals surface area contributed by atoms with Gasteiger partial charge in [0.05, 0.1) is 19.9 Å². The van der Waals surface area contributed by atoms with E-state index in [2.05, 4.69) is 0 Å². The normalized spacial score (nSPS) is 14.4. The summed E-state index contributed by atoms with van der Waals surface area (Å²) in [5.74, 6) is 0.719. The predicted molar refractivity (Wildman–Crippen MR) is 59.1 cm³/mol. The second kappa shape index (κ2) is 4.70. The van der Waals surface area contributed by atoms with Crippen molar-refractivity contribution in [3.8, 4) is 5.75 Å². The number of hydrogen-bond donors (Lipinski definition) is 0. The number of rotatable bonds is 2. The monoisotopic (exact) mass is 219 g/mol. The summed E-state index contributed by atoms with van der Waals surface area (Å²) in [5, 5.41) is 0. The standard InChI is InChI=1S/C12H13NO3/c1-15-11-4-2-10(3-5-11)12(14)13-6-8-16-9-7-13/h2-6,8H,7,9H2,1H3. The second-order valence-electron chi connectivity index (χ2n) is 3.38. The third-order valence-electron chi connectivity index (χ3n) is 2.38. The third-order valence-corrected chi connectivity index (χ3v) is 2.38. The highest BCUT2D eigenvalue weighted by Gasteiger charge is 2.15. The van der Waals surface area contributed by atoms with Crippen molar-refractivity contribution in [1.82, 2.24) is 4.90 Å². The molecule has 16 heavy (non-hydrogen) atoms. The van der Waals surface area contributed by atoms with E-state index in [1.165, 1.54) is 6.26 Å². The summed E-state index contributed by atoms with van der Waals surface area (Å²) in [6.07, 6.45) is 3.18. The van der Waals surface area contributed by atoms with E-state index in [-0.39, 0.29) is 5.91 Å².